The fraction of sp³-hybridized carbons (Fsp3) is 0.933. The molecule has 5 nitrogen and oxygen atoms in total. The lowest BCUT2D eigenvalue weighted by molar-refractivity contribution is -0.0803. The van der Waals surface area contributed by atoms with Crippen LogP contribution in [0.2, 0.25) is 0 Å². The van der Waals surface area contributed by atoms with Crippen LogP contribution in [0.25, 0.3) is 0 Å². The fourth-order valence-corrected chi connectivity index (χ4v) is 3.50. The second-order valence-corrected chi connectivity index (χ2v) is 6.76. The molecule has 4 fully saturated rings. The SMILES string of the molecule is CC(C)C(C)N1CC2CC(C1)N2C(=O)OC1CCOC1. The first-order chi connectivity index (χ1) is 9.56. The van der Waals surface area contributed by atoms with Crippen LogP contribution in [0.15, 0.2) is 0 Å². The van der Waals surface area contributed by atoms with Gasteiger partial charge in [0.15, 0.2) is 0 Å². The first-order valence-corrected chi connectivity index (χ1v) is 7.87. The van der Waals surface area contributed by atoms with Gasteiger partial charge >= 0.3 is 6.09 Å². The highest BCUT2D eigenvalue weighted by Gasteiger charge is 2.49. The summed E-state index contributed by atoms with van der Waals surface area (Å²) < 4.78 is 10.8. The van der Waals surface area contributed by atoms with E-state index in [0.717, 1.165) is 25.9 Å². The van der Waals surface area contributed by atoms with Crippen LogP contribution in [-0.4, -0.2) is 66.4 Å². The molecule has 0 aromatic carbocycles. The van der Waals surface area contributed by atoms with E-state index in [1.54, 1.807) is 0 Å². The van der Waals surface area contributed by atoms with E-state index >= 15 is 0 Å². The Balaban J connectivity index is 1.53. The number of carbonyl (C=O) groups is 1. The molecule has 0 aromatic rings. The van der Waals surface area contributed by atoms with Gasteiger partial charge in [-0.05, 0) is 19.3 Å². The maximum absolute atomic E-state index is 12.2. The van der Waals surface area contributed by atoms with E-state index in [2.05, 4.69) is 25.7 Å². The summed E-state index contributed by atoms with van der Waals surface area (Å²) >= 11 is 0. The Morgan fingerprint density at radius 3 is 2.50 bits per heavy atom. The van der Waals surface area contributed by atoms with Crippen LogP contribution in [0.4, 0.5) is 4.79 Å². The molecule has 4 atom stereocenters. The molecule has 4 rings (SSSR count). The number of piperidine rings is 1. The van der Waals surface area contributed by atoms with Gasteiger partial charge < -0.3 is 9.47 Å². The van der Waals surface area contributed by atoms with E-state index in [1.807, 2.05) is 4.90 Å². The Morgan fingerprint density at radius 2 is 1.95 bits per heavy atom. The van der Waals surface area contributed by atoms with Gasteiger partial charge in [-0.1, -0.05) is 13.8 Å². The quantitative estimate of drug-likeness (QED) is 0.790. The van der Waals surface area contributed by atoms with Gasteiger partial charge in [0.25, 0.3) is 0 Å². The zero-order valence-electron chi connectivity index (χ0n) is 12.7. The number of carbonyl (C=O) groups excluding carboxylic acids is 1. The third-order valence-corrected chi connectivity index (χ3v) is 5.13. The summed E-state index contributed by atoms with van der Waals surface area (Å²) in [6.45, 7) is 10.1. The molecule has 5 heteroatoms. The number of nitrogens with zero attached hydrogens (tertiary/aromatic N) is 2. The maximum atomic E-state index is 12.2. The molecule has 0 radical (unpaired) electrons. The molecule has 114 valence electrons. The summed E-state index contributed by atoms with van der Waals surface area (Å²) in [7, 11) is 0. The van der Waals surface area contributed by atoms with Crippen molar-refractivity contribution in [2.45, 2.75) is 57.8 Å². The molecule has 0 spiro atoms. The van der Waals surface area contributed by atoms with Crippen LogP contribution < -0.4 is 0 Å². The number of fused-ring (bicyclic) bond motifs is 2. The first kappa shape index (κ1) is 14.1. The van der Waals surface area contributed by atoms with Crippen molar-refractivity contribution in [3.05, 3.63) is 0 Å². The minimum Gasteiger partial charge on any atom is -0.444 e. The molecular weight excluding hydrogens is 256 g/mol. The average Bonchev–Trinajstić information content (AvgIpc) is 2.90. The Morgan fingerprint density at radius 1 is 1.25 bits per heavy atom. The van der Waals surface area contributed by atoms with Crippen molar-refractivity contribution in [1.29, 1.82) is 0 Å². The normalized spacial score (nSPS) is 35.0. The average molecular weight is 282 g/mol. The highest BCUT2D eigenvalue weighted by atomic mass is 16.6. The van der Waals surface area contributed by atoms with E-state index in [9.17, 15) is 4.79 Å². The third-order valence-electron chi connectivity index (χ3n) is 5.13. The molecule has 4 saturated heterocycles. The summed E-state index contributed by atoms with van der Waals surface area (Å²) in [4.78, 5) is 16.7. The van der Waals surface area contributed by atoms with Crippen LogP contribution >= 0.6 is 0 Å². The van der Waals surface area contributed by atoms with Crippen LogP contribution in [0.1, 0.15) is 33.6 Å². The number of amides is 1. The monoisotopic (exact) mass is 282 g/mol. The fourth-order valence-electron chi connectivity index (χ4n) is 3.50. The Kier molecular flexibility index (Phi) is 3.91. The van der Waals surface area contributed by atoms with Crippen molar-refractivity contribution in [2.75, 3.05) is 26.3 Å². The number of piperazine rings is 1. The van der Waals surface area contributed by atoms with Crippen molar-refractivity contribution in [2.24, 2.45) is 5.92 Å². The van der Waals surface area contributed by atoms with Gasteiger partial charge in [0, 0.05) is 25.6 Å². The molecule has 4 heterocycles. The first-order valence-electron chi connectivity index (χ1n) is 7.87. The smallest absolute Gasteiger partial charge is 0.410 e. The van der Waals surface area contributed by atoms with Crippen molar-refractivity contribution < 1.29 is 14.3 Å². The van der Waals surface area contributed by atoms with Crippen LogP contribution in [0.3, 0.4) is 0 Å². The number of ether oxygens (including phenoxy) is 2. The second kappa shape index (κ2) is 5.53. The lowest BCUT2D eigenvalue weighted by Crippen LogP contribution is -2.71. The van der Waals surface area contributed by atoms with E-state index in [0.29, 0.717) is 37.3 Å². The molecule has 20 heavy (non-hydrogen) atoms. The van der Waals surface area contributed by atoms with E-state index in [4.69, 9.17) is 9.47 Å². The number of rotatable bonds is 3. The summed E-state index contributed by atoms with van der Waals surface area (Å²) in [5.41, 5.74) is 0. The van der Waals surface area contributed by atoms with Crippen molar-refractivity contribution in [3.8, 4) is 0 Å². The third kappa shape index (κ3) is 2.53. The molecule has 4 aliphatic rings. The zero-order chi connectivity index (χ0) is 14.3. The summed E-state index contributed by atoms with van der Waals surface area (Å²) in [6, 6.07) is 1.29. The topological polar surface area (TPSA) is 42.0 Å². The summed E-state index contributed by atoms with van der Waals surface area (Å²) in [5, 5.41) is 0. The lowest BCUT2D eigenvalue weighted by Gasteiger charge is -2.57. The van der Waals surface area contributed by atoms with Crippen molar-refractivity contribution in [3.63, 3.8) is 0 Å². The number of hydrogen-bond donors (Lipinski definition) is 0. The van der Waals surface area contributed by atoms with E-state index in [1.165, 1.54) is 0 Å². The molecule has 0 saturated carbocycles. The van der Waals surface area contributed by atoms with Crippen LogP contribution in [-0.2, 0) is 9.47 Å². The van der Waals surface area contributed by atoms with Gasteiger partial charge in [-0.25, -0.2) is 4.79 Å². The largest absolute Gasteiger partial charge is 0.444 e. The van der Waals surface area contributed by atoms with Gasteiger partial charge in [-0.15, -0.1) is 0 Å². The Bertz CT molecular complexity index is 356. The molecule has 4 unspecified atom stereocenters. The lowest BCUT2D eigenvalue weighted by atomic mass is 9.86. The van der Waals surface area contributed by atoms with E-state index < -0.39 is 0 Å². The predicted molar refractivity (Wildman–Crippen MR) is 75.6 cm³/mol. The van der Waals surface area contributed by atoms with Gasteiger partial charge in [-0.2, -0.15) is 0 Å². The molecule has 0 N–H and O–H groups in total. The highest BCUT2D eigenvalue weighted by molar-refractivity contribution is 5.70. The minimum absolute atomic E-state index is 0.0329. The Hall–Kier alpha value is -0.810. The van der Waals surface area contributed by atoms with Crippen molar-refractivity contribution >= 4 is 6.09 Å². The molecule has 2 bridgehead atoms. The maximum Gasteiger partial charge on any atom is 0.410 e. The highest BCUT2D eigenvalue weighted by Crippen LogP contribution is 2.35. The molecule has 4 aliphatic heterocycles. The predicted octanol–water partition coefficient (Wildman–Crippen LogP) is 1.71. The summed E-state index contributed by atoms with van der Waals surface area (Å²) in [5.74, 6) is 0.656. The molecule has 0 aliphatic carbocycles. The van der Waals surface area contributed by atoms with Gasteiger partial charge in [-0.3, -0.25) is 9.80 Å². The minimum atomic E-state index is -0.126. The molecule has 0 aromatic heterocycles. The van der Waals surface area contributed by atoms with Crippen LogP contribution in [0.5, 0.6) is 0 Å². The van der Waals surface area contributed by atoms with Gasteiger partial charge in [0.2, 0.25) is 0 Å². The van der Waals surface area contributed by atoms with E-state index in [-0.39, 0.29) is 12.2 Å². The number of hydrogen-bond acceptors (Lipinski definition) is 4. The van der Waals surface area contributed by atoms with Gasteiger partial charge in [0.05, 0.1) is 25.3 Å². The van der Waals surface area contributed by atoms with Crippen LogP contribution in [0, 0.1) is 5.92 Å². The van der Waals surface area contributed by atoms with Crippen molar-refractivity contribution in [1.82, 2.24) is 9.80 Å². The Labute approximate surface area is 121 Å². The van der Waals surface area contributed by atoms with Gasteiger partial charge in [0.1, 0.15) is 6.10 Å². The summed E-state index contributed by atoms with van der Waals surface area (Å²) in [6.07, 6.45) is 1.82. The zero-order valence-corrected chi connectivity index (χ0v) is 12.7. The second-order valence-electron chi connectivity index (χ2n) is 6.76. The molecule has 1 amide bonds. The standard InChI is InChI=1S/C15H26N2O3/c1-10(2)11(3)16-7-12-6-13(8-16)17(12)15(18)20-14-4-5-19-9-14/h10-14H,4-9H2,1-3H3. The molecular formula is C15H26N2O3.